The Labute approximate surface area is 111 Å². The fraction of sp³-hybridized carbons (Fsp3) is 0.583. The Morgan fingerprint density at radius 2 is 2.16 bits per heavy atom. The van der Waals surface area contributed by atoms with Crippen LogP contribution in [0.3, 0.4) is 0 Å². The molecule has 0 atom stereocenters. The zero-order valence-corrected chi connectivity index (χ0v) is 11.1. The third-order valence-corrected chi connectivity index (χ3v) is 3.67. The number of carboxylic acid groups (broad SMARTS) is 1. The summed E-state index contributed by atoms with van der Waals surface area (Å²) in [7, 11) is 1.84. The predicted molar refractivity (Wildman–Crippen MR) is 67.5 cm³/mol. The monoisotopic (exact) mass is 266 g/mol. The fourth-order valence-electron chi connectivity index (χ4n) is 1.82. The van der Waals surface area contributed by atoms with Crippen LogP contribution in [0.4, 0.5) is 4.79 Å². The van der Waals surface area contributed by atoms with Gasteiger partial charge in [-0.3, -0.25) is 9.48 Å². The van der Waals surface area contributed by atoms with Gasteiger partial charge in [-0.2, -0.15) is 5.10 Å². The maximum absolute atomic E-state index is 11.6. The molecule has 7 nitrogen and oxygen atoms in total. The molecule has 2 rings (SSSR count). The predicted octanol–water partition coefficient (Wildman–Crippen LogP) is 0.393. The van der Waals surface area contributed by atoms with E-state index in [4.69, 9.17) is 5.11 Å². The maximum atomic E-state index is 11.6. The van der Waals surface area contributed by atoms with Crippen molar-refractivity contribution >= 4 is 12.0 Å². The van der Waals surface area contributed by atoms with E-state index in [-0.39, 0.29) is 12.6 Å². The highest BCUT2D eigenvalue weighted by Crippen LogP contribution is 2.45. The van der Waals surface area contributed by atoms with E-state index < -0.39 is 11.4 Å². The molecule has 104 valence electrons. The van der Waals surface area contributed by atoms with Gasteiger partial charge in [-0.15, -0.1) is 0 Å². The van der Waals surface area contributed by atoms with Crippen LogP contribution in [0.1, 0.15) is 24.1 Å². The minimum atomic E-state index is -0.837. The number of rotatable bonds is 5. The van der Waals surface area contributed by atoms with Crippen molar-refractivity contribution in [2.45, 2.75) is 26.3 Å². The zero-order chi connectivity index (χ0) is 14.0. The first-order chi connectivity index (χ1) is 8.94. The smallest absolute Gasteiger partial charge is 0.315 e. The summed E-state index contributed by atoms with van der Waals surface area (Å²) in [4.78, 5) is 22.5. The molecule has 1 fully saturated rings. The number of nitrogens with one attached hydrogen (secondary N) is 2. The normalized spacial score (nSPS) is 15.9. The Morgan fingerprint density at radius 1 is 1.47 bits per heavy atom. The molecular formula is C12H18N4O3. The molecule has 0 aromatic carbocycles. The van der Waals surface area contributed by atoms with Gasteiger partial charge in [0.1, 0.15) is 0 Å². The van der Waals surface area contributed by atoms with Gasteiger partial charge in [-0.05, 0) is 19.8 Å². The van der Waals surface area contributed by atoms with E-state index >= 15 is 0 Å². The number of hydrogen-bond donors (Lipinski definition) is 3. The quantitative estimate of drug-likeness (QED) is 0.718. The number of urea groups is 1. The van der Waals surface area contributed by atoms with Crippen molar-refractivity contribution in [3.05, 3.63) is 17.5 Å². The number of aryl methyl sites for hydroxylation is 1. The minimum Gasteiger partial charge on any atom is -0.481 e. The van der Waals surface area contributed by atoms with Crippen LogP contribution < -0.4 is 10.6 Å². The van der Waals surface area contributed by atoms with E-state index in [9.17, 15) is 9.59 Å². The molecule has 1 aliphatic rings. The van der Waals surface area contributed by atoms with Crippen LogP contribution in [-0.4, -0.2) is 33.4 Å². The highest BCUT2D eigenvalue weighted by molar-refractivity contribution is 5.80. The number of amides is 2. The summed E-state index contributed by atoms with van der Waals surface area (Å²) in [6, 6.07) is -0.351. The second-order valence-electron chi connectivity index (χ2n) is 5.00. The van der Waals surface area contributed by atoms with E-state index in [0.717, 1.165) is 11.3 Å². The van der Waals surface area contributed by atoms with Crippen LogP contribution in [0.2, 0.25) is 0 Å². The SMILES string of the molecule is Cc1c(CNC(=O)NCC2(C(=O)O)CC2)cnn1C. The summed E-state index contributed by atoms with van der Waals surface area (Å²) >= 11 is 0. The lowest BCUT2D eigenvalue weighted by Gasteiger charge is -2.11. The zero-order valence-electron chi connectivity index (χ0n) is 11.1. The van der Waals surface area contributed by atoms with Crippen LogP contribution in [0.25, 0.3) is 0 Å². The Balaban J connectivity index is 1.76. The van der Waals surface area contributed by atoms with Crippen LogP contribution in [0.15, 0.2) is 6.20 Å². The molecule has 1 heterocycles. The van der Waals surface area contributed by atoms with Gasteiger partial charge < -0.3 is 15.7 Å². The third-order valence-electron chi connectivity index (χ3n) is 3.67. The summed E-state index contributed by atoms with van der Waals surface area (Å²) in [6.07, 6.45) is 2.96. The molecule has 1 aromatic heterocycles. The summed E-state index contributed by atoms with van der Waals surface area (Å²) in [5.41, 5.74) is 1.20. The molecule has 19 heavy (non-hydrogen) atoms. The molecule has 3 N–H and O–H groups in total. The van der Waals surface area contributed by atoms with Crippen LogP contribution in [0, 0.1) is 12.3 Å². The van der Waals surface area contributed by atoms with Gasteiger partial charge in [0.2, 0.25) is 0 Å². The molecule has 1 aromatic rings. The molecule has 0 bridgehead atoms. The summed E-state index contributed by atoms with van der Waals surface area (Å²) in [5, 5.41) is 18.4. The van der Waals surface area contributed by atoms with Crippen molar-refractivity contribution in [3.63, 3.8) is 0 Å². The average Bonchev–Trinajstić information content (AvgIpc) is 3.10. The van der Waals surface area contributed by atoms with Crippen molar-refractivity contribution in [2.24, 2.45) is 12.5 Å². The van der Waals surface area contributed by atoms with E-state index in [1.807, 2.05) is 14.0 Å². The van der Waals surface area contributed by atoms with Gasteiger partial charge in [-0.1, -0.05) is 0 Å². The molecule has 2 amide bonds. The number of carboxylic acids is 1. The maximum Gasteiger partial charge on any atom is 0.315 e. The van der Waals surface area contributed by atoms with Crippen molar-refractivity contribution < 1.29 is 14.7 Å². The van der Waals surface area contributed by atoms with Crippen LogP contribution >= 0.6 is 0 Å². The van der Waals surface area contributed by atoms with Crippen molar-refractivity contribution in [1.82, 2.24) is 20.4 Å². The topological polar surface area (TPSA) is 96.2 Å². The Kier molecular flexibility index (Phi) is 3.46. The minimum absolute atomic E-state index is 0.181. The highest BCUT2D eigenvalue weighted by Gasteiger charge is 2.50. The largest absolute Gasteiger partial charge is 0.481 e. The van der Waals surface area contributed by atoms with Gasteiger partial charge in [0.15, 0.2) is 0 Å². The Hall–Kier alpha value is -2.05. The van der Waals surface area contributed by atoms with Gasteiger partial charge >= 0.3 is 12.0 Å². The van der Waals surface area contributed by atoms with Crippen molar-refractivity contribution in [2.75, 3.05) is 6.54 Å². The number of carbonyl (C=O) groups is 2. The lowest BCUT2D eigenvalue weighted by atomic mass is 10.1. The molecule has 1 aliphatic carbocycles. The first kappa shape index (κ1) is 13.4. The molecule has 7 heteroatoms. The molecule has 0 unspecified atom stereocenters. The van der Waals surface area contributed by atoms with Crippen molar-refractivity contribution in [3.8, 4) is 0 Å². The molecule has 0 saturated heterocycles. The Bertz CT molecular complexity index is 505. The number of aromatic nitrogens is 2. The second kappa shape index (κ2) is 4.91. The molecule has 0 spiro atoms. The molecule has 0 radical (unpaired) electrons. The number of carbonyl (C=O) groups excluding carboxylic acids is 1. The van der Waals surface area contributed by atoms with Gasteiger partial charge in [0.05, 0.1) is 11.6 Å². The first-order valence-electron chi connectivity index (χ1n) is 6.17. The Morgan fingerprint density at radius 3 is 2.63 bits per heavy atom. The van der Waals surface area contributed by atoms with E-state index in [2.05, 4.69) is 15.7 Å². The van der Waals surface area contributed by atoms with Crippen molar-refractivity contribution in [1.29, 1.82) is 0 Å². The summed E-state index contributed by atoms with van der Waals surface area (Å²) < 4.78 is 1.73. The van der Waals surface area contributed by atoms with E-state index in [0.29, 0.717) is 19.4 Å². The molecular weight excluding hydrogens is 248 g/mol. The molecule has 0 aliphatic heterocycles. The summed E-state index contributed by atoms with van der Waals surface area (Å²) in [5.74, 6) is -0.837. The lowest BCUT2D eigenvalue weighted by Crippen LogP contribution is -2.40. The number of aliphatic carboxylic acids is 1. The lowest BCUT2D eigenvalue weighted by molar-refractivity contribution is -0.143. The fourth-order valence-corrected chi connectivity index (χ4v) is 1.82. The highest BCUT2D eigenvalue weighted by atomic mass is 16.4. The van der Waals surface area contributed by atoms with E-state index in [1.54, 1.807) is 10.9 Å². The second-order valence-corrected chi connectivity index (χ2v) is 5.00. The standard InChI is InChI=1S/C12H18N4O3/c1-8-9(6-15-16(8)2)5-13-11(19)14-7-12(3-4-12)10(17)18/h6H,3-5,7H2,1-2H3,(H,17,18)(H2,13,14,19). The third kappa shape index (κ3) is 2.86. The van der Waals surface area contributed by atoms with Crippen LogP contribution in [0.5, 0.6) is 0 Å². The van der Waals surface area contributed by atoms with Gasteiger partial charge in [0.25, 0.3) is 0 Å². The molecule has 1 saturated carbocycles. The number of nitrogens with zero attached hydrogens (tertiary/aromatic N) is 2. The van der Waals surface area contributed by atoms with Gasteiger partial charge in [0, 0.05) is 31.4 Å². The van der Waals surface area contributed by atoms with E-state index in [1.165, 1.54) is 0 Å². The average molecular weight is 266 g/mol. The number of hydrogen-bond acceptors (Lipinski definition) is 3. The van der Waals surface area contributed by atoms with Crippen LogP contribution in [-0.2, 0) is 18.4 Å². The first-order valence-corrected chi connectivity index (χ1v) is 6.17. The summed E-state index contributed by atoms with van der Waals surface area (Å²) in [6.45, 7) is 2.48. The van der Waals surface area contributed by atoms with Gasteiger partial charge in [-0.25, -0.2) is 4.79 Å².